The van der Waals surface area contributed by atoms with Gasteiger partial charge in [0.1, 0.15) is 0 Å². The van der Waals surface area contributed by atoms with Crippen molar-refractivity contribution in [3.63, 3.8) is 0 Å². The molecule has 0 radical (unpaired) electrons. The summed E-state index contributed by atoms with van der Waals surface area (Å²) in [6, 6.07) is 3.34. The molecule has 0 bridgehead atoms. The number of aryl methyl sites for hydroxylation is 1. The van der Waals surface area contributed by atoms with E-state index < -0.39 is 0 Å². The molecular weight excluding hydrogens is 196 g/mol. The minimum absolute atomic E-state index is 0.586. The lowest BCUT2D eigenvalue weighted by Gasteiger charge is -2.39. The van der Waals surface area contributed by atoms with Gasteiger partial charge in [0.05, 0.1) is 0 Å². The average molecular weight is 218 g/mol. The quantitative estimate of drug-likeness (QED) is 0.757. The second kappa shape index (κ2) is 4.96. The highest BCUT2D eigenvalue weighted by Gasteiger charge is 2.26. The molecule has 1 aliphatic rings. The Balaban J connectivity index is 2.27. The SMILES string of the molecule is Cc1ccncc1[C@H]1CCCCN1C(C)C. The van der Waals surface area contributed by atoms with Crippen molar-refractivity contribution in [3.05, 3.63) is 29.6 Å². The van der Waals surface area contributed by atoms with E-state index in [4.69, 9.17) is 0 Å². The van der Waals surface area contributed by atoms with E-state index in [0.29, 0.717) is 12.1 Å². The third kappa shape index (κ3) is 2.27. The summed E-state index contributed by atoms with van der Waals surface area (Å²) in [6.07, 6.45) is 7.92. The predicted octanol–water partition coefficient (Wildman–Crippen LogP) is 3.33. The number of rotatable bonds is 2. The second-order valence-electron chi connectivity index (χ2n) is 5.08. The number of nitrogens with zero attached hydrogens (tertiary/aromatic N) is 2. The van der Waals surface area contributed by atoms with Crippen LogP contribution in [-0.4, -0.2) is 22.5 Å². The van der Waals surface area contributed by atoms with Gasteiger partial charge >= 0.3 is 0 Å². The smallest absolute Gasteiger partial charge is 0.0368 e. The van der Waals surface area contributed by atoms with Crippen LogP contribution in [0.3, 0.4) is 0 Å². The first-order chi connectivity index (χ1) is 7.70. The Bertz CT molecular complexity index is 346. The topological polar surface area (TPSA) is 16.1 Å². The standard InChI is InChI=1S/C14H22N2/c1-11(2)16-9-5-4-6-14(16)13-10-15-8-7-12(13)3/h7-8,10-11,14H,4-6,9H2,1-3H3/t14-/m1/s1. The average Bonchev–Trinajstić information content (AvgIpc) is 2.29. The van der Waals surface area contributed by atoms with E-state index in [1.54, 1.807) is 0 Å². The number of piperidine rings is 1. The highest BCUT2D eigenvalue weighted by atomic mass is 15.2. The van der Waals surface area contributed by atoms with Crippen molar-refractivity contribution in [2.45, 2.75) is 52.1 Å². The van der Waals surface area contributed by atoms with Crippen LogP contribution in [0.15, 0.2) is 18.5 Å². The van der Waals surface area contributed by atoms with Crippen molar-refractivity contribution in [3.8, 4) is 0 Å². The lowest BCUT2D eigenvalue weighted by Crippen LogP contribution is -2.38. The third-order valence-electron chi connectivity index (χ3n) is 3.65. The number of pyridine rings is 1. The molecule has 1 aromatic heterocycles. The van der Waals surface area contributed by atoms with Gasteiger partial charge < -0.3 is 0 Å². The first kappa shape index (κ1) is 11.6. The number of hydrogen-bond acceptors (Lipinski definition) is 2. The highest BCUT2D eigenvalue weighted by Crippen LogP contribution is 2.33. The Kier molecular flexibility index (Phi) is 3.59. The summed E-state index contributed by atoms with van der Waals surface area (Å²) in [7, 11) is 0. The summed E-state index contributed by atoms with van der Waals surface area (Å²) >= 11 is 0. The molecule has 0 N–H and O–H groups in total. The monoisotopic (exact) mass is 218 g/mol. The van der Waals surface area contributed by atoms with Gasteiger partial charge in [-0.25, -0.2) is 0 Å². The van der Waals surface area contributed by atoms with Gasteiger partial charge in [0.2, 0.25) is 0 Å². The predicted molar refractivity (Wildman–Crippen MR) is 67.4 cm³/mol. The van der Waals surface area contributed by atoms with E-state index in [9.17, 15) is 0 Å². The van der Waals surface area contributed by atoms with E-state index in [0.717, 1.165) is 0 Å². The Morgan fingerprint density at radius 2 is 2.19 bits per heavy atom. The van der Waals surface area contributed by atoms with Crippen molar-refractivity contribution < 1.29 is 0 Å². The number of aromatic nitrogens is 1. The van der Waals surface area contributed by atoms with Crippen LogP contribution in [0.5, 0.6) is 0 Å². The Morgan fingerprint density at radius 1 is 1.38 bits per heavy atom. The molecule has 1 saturated heterocycles. The van der Waals surface area contributed by atoms with E-state index in [2.05, 4.69) is 42.9 Å². The van der Waals surface area contributed by atoms with Crippen molar-refractivity contribution in [1.29, 1.82) is 0 Å². The zero-order chi connectivity index (χ0) is 11.5. The van der Waals surface area contributed by atoms with Gasteiger partial charge in [0, 0.05) is 24.5 Å². The van der Waals surface area contributed by atoms with Crippen LogP contribution in [-0.2, 0) is 0 Å². The molecule has 2 rings (SSSR count). The van der Waals surface area contributed by atoms with Crippen LogP contribution in [0.25, 0.3) is 0 Å². The van der Waals surface area contributed by atoms with Crippen molar-refractivity contribution >= 4 is 0 Å². The maximum absolute atomic E-state index is 4.29. The molecule has 1 aliphatic heterocycles. The fourth-order valence-electron chi connectivity index (χ4n) is 2.73. The summed E-state index contributed by atoms with van der Waals surface area (Å²) in [6.45, 7) is 8.02. The molecule has 2 nitrogen and oxygen atoms in total. The van der Waals surface area contributed by atoms with Crippen LogP contribution >= 0.6 is 0 Å². The van der Waals surface area contributed by atoms with Gasteiger partial charge in [-0.3, -0.25) is 9.88 Å². The van der Waals surface area contributed by atoms with Crippen molar-refractivity contribution in [1.82, 2.24) is 9.88 Å². The molecular formula is C14H22N2. The molecule has 0 saturated carbocycles. The lowest BCUT2D eigenvalue weighted by atomic mass is 9.92. The molecule has 1 atom stereocenters. The maximum atomic E-state index is 4.29. The molecule has 0 aliphatic carbocycles. The van der Waals surface area contributed by atoms with E-state index in [-0.39, 0.29) is 0 Å². The molecule has 0 aromatic carbocycles. The molecule has 88 valence electrons. The molecule has 1 fully saturated rings. The second-order valence-corrected chi connectivity index (χ2v) is 5.08. The molecule has 0 spiro atoms. The fourth-order valence-corrected chi connectivity index (χ4v) is 2.73. The molecule has 0 amide bonds. The third-order valence-corrected chi connectivity index (χ3v) is 3.65. The Morgan fingerprint density at radius 3 is 2.88 bits per heavy atom. The summed E-state index contributed by atoms with van der Waals surface area (Å²) in [4.78, 5) is 6.91. The van der Waals surface area contributed by atoms with Crippen LogP contribution in [0.2, 0.25) is 0 Å². The van der Waals surface area contributed by atoms with Gasteiger partial charge in [0.15, 0.2) is 0 Å². The van der Waals surface area contributed by atoms with Gasteiger partial charge in [-0.2, -0.15) is 0 Å². The van der Waals surface area contributed by atoms with Crippen molar-refractivity contribution in [2.75, 3.05) is 6.54 Å². The maximum Gasteiger partial charge on any atom is 0.0368 e. The van der Waals surface area contributed by atoms with Crippen LogP contribution in [0.4, 0.5) is 0 Å². The van der Waals surface area contributed by atoms with Crippen LogP contribution < -0.4 is 0 Å². The largest absolute Gasteiger partial charge is 0.294 e. The molecule has 2 heteroatoms. The van der Waals surface area contributed by atoms with Gasteiger partial charge in [-0.1, -0.05) is 6.42 Å². The normalized spacial score (nSPS) is 22.6. The molecule has 2 heterocycles. The van der Waals surface area contributed by atoms with Crippen LogP contribution in [0.1, 0.15) is 50.3 Å². The zero-order valence-electron chi connectivity index (χ0n) is 10.6. The minimum Gasteiger partial charge on any atom is -0.294 e. The van der Waals surface area contributed by atoms with Crippen LogP contribution in [0, 0.1) is 6.92 Å². The first-order valence-electron chi connectivity index (χ1n) is 6.36. The van der Waals surface area contributed by atoms with Gasteiger partial charge in [-0.05, 0) is 57.4 Å². The summed E-state index contributed by atoms with van der Waals surface area (Å²) in [5, 5.41) is 0. The Labute approximate surface area is 98.7 Å². The molecule has 1 aromatic rings. The zero-order valence-corrected chi connectivity index (χ0v) is 10.6. The Hall–Kier alpha value is -0.890. The fraction of sp³-hybridized carbons (Fsp3) is 0.643. The van der Waals surface area contributed by atoms with E-state index in [1.807, 2.05) is 6.20 Å². The molecule has 16 heavy (non-hydrogen) atoms. The van der Waals surface area contributed by atoms with E-state index >= 15 is 0 Å². The highest BCUT2D eigenvalue weighted by molar-refractivity contribution is 5.25. The summed E-state index contributed by atoms with van der Waals surface area (Å²) < 4.78 is 0. The number of likely N-dealkylation sites (tertiary alicyclic amines) is 1. The summed E-state index contributed by atoms with van der Waals surface area (Å²) in [5.74, 6) is 0. The molecule has 0 unspecified atom stereocenters. The van der Waals surface area contributed by atoms with E-state index in [1.165, 1.54) is 36.9 Å². The first-order valence-corrected chi connectivity index (χ1v) is 6.36. The lowest BCUT2D eigenvalue weighted by molar-refractivity contribution is 0.111. The summed E-state index contributed by atoms with van der Waals surface area (Å²) in [5.41, 5.74) is 2.81. The van der Waals surface area contributed by atoms with Gasteiger partial charge in [0.25, 0.3) is 0 Å². The van der Waals surface area contributed by atoms with Gasteiger partial charge in [-0.15, -0.1) is 0 Å². The number of hydrogen-bond donors (Lipinski definition) is 0. The van der Waals surface area contributed by atoms with Crippen molar-refractivity contribution in [2.24, 2.45) is 0 Å². The minimum atomic E-state index is 0.586.